The van der Waals surface area contributed by atoms with Crippen molar-refractivity contribution in [2.24, 2.45) is 0 Å². The average Bonchev–Trinajstić information content (AvgIpc) is 2.76. The van der Waals surface area contributed by atoms with Gasteiger partial charge >= 0.3 is 5.69 Å². The molecule has 0 radical (unpaired) electrons. The first kappa shape index (κ1) is 24.2. The highest BCUT2D eigenvalue weighted by molar-refractivity contribution is 7.92. The third-order valence-electron chi connectivity index (χ3n) is 5.21. The zero-order chi connectivity index (χ0) is 25.5. The van der Waals surface area contributed by atoms with Gasteiger partial charge in [0, 0.05) is 29.8 Å². The van der Waals surface area contributed by atoms with Crippen LogP contribution in [-0.4, -0.2) is 46.0 Å². The van der Waals surface area contributed by atoms with Crippen LogP contribution in [0.4, 0.5) is 5.69 Å². The number of ether oxygens (including phenoxy) is 1. The van der Waals surface area contributed by atoms with Crippen LogP contribution in [0.15, 0.2) is 75.3 Å². The number of H-pyrrole nitrogens is 1. The van der Waals surface area contributed by atoms with Gasteiger partial charge in [-0.15, -0.1) is 0 Å². The third-order valence-corrected chi connectivity index (χ3v) is 6.92. The van der Waals surface area contributed by atoms with Crippen molar-refractivity contribution >= 4 is 36.3 Å². The summed E-state index contributed by atoms with van der Waals surface area (Å²) in [4.78, 5) is 27.0. The zero-order valence-electron chi connectivity index (χ0n) is 18.9. The molecule has 4 rings (SSSR count). The molecule has 0 saturated heterocycles. The predicted molar refractivity (Wildman–Crippen MR) is 134 cm³/mol. The van der Waals surface area contributed by atoms with Gasteiger partial charge < -0.3 is 9.72 Å². The van der Waals surface area contributed by atoms with E-state index >= 15 is 0 Å². The maximum atomic E-state index is 12.6. The fourth-order valence-corrected chi connectivity index (χ4v) is 5.20. The number of methoxy groups -OCH3 is 1. The molecule has 0 saturated carbocycles. The number of rotatable bonds is 6. The molecule has 0 unspecified atom stereocenters. The number of fused-ring (bicyclic) bond motifs is 1. The zero-order valence-corrected chi connectivity index (χ0v) is 20.5. The Hall–Kier alpha value is -3.90. The van der Waals surface area contributed by atoms with E-state index in [0.29, 0.717) is 16.8 Å². The maximum absolute atomic E-state index is 12.6. The van der Waals surface area contributed by atoms with E-state index in [2.05, 4.69) is 9.71 Å². The van der Waals surface area contributed by atoms with E-state index < -0.39 is 31.1 Å². The molecule has 12 heteroatoms. The van der Waals surface area contributed by atoms with Gasteiger partial charge in [-0.2, -0.15) is 0 Å². The standard InChI is InChI=1S/C23H21N3O7S2/c1-33-22-19(16-5-4-15-11-17(25-35(3,31)32)7-6-14(15)10-16)12-18(13-20(22)34(2,29)30)26-21(27)8-9-24-23(26)28/h4-13,25H,1-3H3,(H,24,28). The fourth-order valence-electron chi connectivity index (χ4n) is 3.78. The molecule has 1 aromatic heterocycles. The van der Waals surface area contributed by atoms with E-state index in [1.807, 2.05) is 0 Å². The van der Waals surface area contributed by atoms with Crippen molar-refractivity contribution in [2.45, 2.75) is 4.90 Å². The number of aromatic amines is 1. The van der Waals surface area contributed by atoms with Crippen molar-refractivity contribution in [3.8, 4) is 22.6 Å². The quantitative estimate of drug-likeness (QED) is 0.400. The molecule has 0 aliphatic heterocycles. The van der Waals surface area contributed by atoms with Crippen LogP contribution < -0.4 is 20.7 Å². The van der Waals surface area contributed by atoms with E-state index in [0.717, 1.165) is 33.9 Å². The minimum absolute atomic E-state index is 0.0564. The molecule has 4 aromatic rings. The number of hydrogen-bond acceptors (Lipinski definition) is 7. The third kappa shape index (κ3) is 4.98. The van der Waals surface area contributed by atoms with Gasteiger partial charge in [-0.1, -0.05) is 18.2 Å². The second-order valence-electron chi connectivity index (χ2n) is 7.90. The lowest BCUT2D eigenvalue weighted by Gasteiger charge is -2.16. The van der Waals surface area contributed by atoms with Gasteiger partial charge in [0.05, 0.1) is 19.1 Å². The predicted octanol–water partition coefficient (Wildman–Crippen LogP) is 2.13. The van der Waals surface area contributed by atoms with Gasteiger partial charge in [0.1, 0.15) is 10.6 Å². The van der Waals surface area contributed by atoms with E-state index in [4.69, 9.17) is 4.74 Å². The molecule has 10 nitrogen and oxygen atoms in total. The summed E-state index contributed by atoms with van der Waals surface area (Å²) in [7, 11) is -5.93. The van der Waals surface area contributed by atoms with Crippen LogP contribution in [0.5, 0.6) is 5.75 Å². The van der Waals surface area contributed by atoms with Crippen molar-refractivity contribution in [2.75, 3.05) is 24.3 Å². The van der Waals surface area contributed by atoms with E-state index in [1.165, 1.54) is 25.4 Å². The summed E-state index contributed by atoms with van der Waals surface area (Å²) < 4.78 is 57.0. The van der Waals surface area contributed by atoms with Crippen LogP contribution in [0.25, 0.3) is 27.6 Å². The molecule has 0 aliphatic carbocycles. The van der Waals surface area contributed by atoms with Crippen LogP contribution >= 0.6 is 0 Å². The Morgan fingerprint density at radius 1 is 0.886 bits per heavy atom. The molecule has 0 amide bonds. The molecule has 0 bridgehead atoms. The minimum Gasteiger partial charge on any atom is -0.495 e. The SMILES string of the molecule is COc1c(-c2ccc3cc(NS(C)(=O)=O)ccc3c2)cc(-n2c(=O)cc[nH]c2=O)cc1S(C)(=O)=O. The van der Waals surface area contributed by atoms with Crippen molar-refractivity contribution in [3.05, 3.63) is 81.6 Å². The number of benzene rings is 3. The number of hydrogen-bond donors (Lipinski definition) is 2. The second kappa shape index (κ2) is 8.71. The summed E-state index contributed by atoms with van der Waals surface area (Å²) >= 11 is 0. The maximum Gasteiger partial charge on any atom is 0.332 e. The normalized spacial score (nSPS) is 12.0. The molecule has 0 atom stereocenters. The van der Waals surface area contributed by atoms with Gasteiger partial charge in [-0.3, -0.25) is 9.52 Å². The van der Waals surface area contributed by atoms with Crippen LogP contribution in [-0.2, 0) is 19.9 Å². The molecule has 0 fully saturated rings. The number of anilines is 1. The topological polar surface area (TPSA) is 144 Å². The average molecular weight is 516 g/mol. The summed E-state index contributed by atoms with van der Waals surface area (Å²) in [6.45, 7) is 0. The highest BCUT2D eigenvalue weighted by Gasteiger charge is 2.22. The first-order valence-electron chi connectivity index (χ1n) is 10.1. The number of nitrogens with zero attached hydrogens (tertiary/aromatic N) is 1. The molecule has 182 valence electrons. The smallest absolute Gasteiger partial charge is 0.332 e. The molecule has 1 heterocycles. The Morgan fingerprint density at radius 2 is 1.57 bits per heavy atom. The lowest BCUT2D eigenvalue weighted by molar-refractivity contribution is 0.404. The van der Waals surface area contributed by atoms with Gasteiger partial charge in [0.2, 0.25) is 10.0 Å². The lowest BCUT2D eigenvalue weighted by atomic mass is 9.99. The summed E-state index contributed by atoms with van der Waals surface area (Å²) in [5.41, 5.74) is 0.00704. The Balaban J connectivity index is 1.98. The van der Waals surface area contributed by atoms with E-state index in [9.17, 15) is 26.4 Å². The number of nitrogens with one attached hydrogen (secondary N) is 2. The van der Waals surface area contributed by atoms with Crippen LogP contribution in [0.1, 0.15) is 0 Å². The van der Waals surface area contributed by atoms with Gasteiger partial charge in [-0.05, 0) is 46.7 Å². The summed E-state index contributed by atoms with van der Waals surface area (Å²) in [6.07, 6.45) is 3.27. The molecular weight excluding hydrogens is 494 g/mol. The van der Waals surface area contributed by atoms with Gasteiger partial charge in [0.15, 0.2) is 9.84 Å². The molecular formula is C23H21N3O7S2. The highest BCUT2D eigenvalue weighted by Crippen LogP contribution is 2.39. The van der Waals surface area contributed by atoms with Gasteiger partial charge in [0.25, 0.3) is 5.56 Å². The highest BCUT2D eigenvalue weighted by atomic mass is 32.2. The number of sulfone groups is 1. The van der Waals surface area contributed by atoms with Crippen molar-refractivity contribution < 1.29 is 21.6 Å². The van der Waals surface area contributed by atoms with Crippen LogP contribution in [0, 0.1) is 0 Å². The summed E-state index contributed by atoms with van der Waals surface area (Å²) in [5.74, 6) is 0.0615. The molecule has 2 N–H and O–H groups in total. The van der Waals surface area contributed by atoms with Crippen molar-refractivity contribution in [1.29, 1.82) is 0 Å². The monoisotopic (exact) mass is 515 g/mol. The molecule has 0 aliphatic rings. The Bertz CT molecular complexity index is 1780. The first-order valence-corrected chi connectivity index (χ1v) is 13.9. The van der Waals surface area contributed by atoms with Crippen LogP contribution in [0.3, 0.4) is 0 Å². The molecule has 35 heavy (non-hydrogen) atoms. The van der Waals surface area contributed by atoms with Crippen LogP contribution in [0.2, 0.25) is 0 Å². The first-order chi connectivity index (χ1) is 16.4. The minimum atomic E-state index is -3.82. The molecule has 3 aromatic carbocycles. The Labute approximate surface area is 200 Å². The van der Waals surface area contributed by atoms with E-state index in [1.54, 1.807) is 36.4 Å². The van der Waals surface area contributed by atoms with Gasteiger partial charge in [-0.25, -0.2) is 26.2 Å². The Morgan fingerprint density at radius 3 is 2.20 bits per heavy atom. The summed E-state index contributed by atoms with van der Waals surface area (Å²) in [5, 5.41) is 1.47. The van der Waals surface area contributed by atoms with E-state index in [-0.39, 0.29) is 16.3 Å². The molecule has 0 spiro atoms. The lowest BCUT2D eigenvalue weighted by Crippen LogP contribution is -2.32. The second-order valence-corrected chi connectivity index (χ2v) is 11.6. The largest absolute Gasteiger partial charge is 0.495 e. The van der Waals surface area contributed by atoms with Crippen molar-refractivity contribution in [3.63, 3.8) is 0 Å². The number of aromatic nitrogens is 2. The number of sulfonamides is 1. The summed E-state index contributed by atoms with van der Waals surface area (Å²) in [6, 6.07) is 14.1. The fraction of sp³-hybridized carbons (Fsp3) is 0.130. The Kier molecular flexibility index (Phi) is 6.03. The van der Waals surface area contributed by atoms with Crippen molar-refractivity contribution in [1.82, 2.24) is 9.55 Å².